The van der Waals surface area contributed by atoms with Crippen LogP contribution in [0.15, 0.2) is 0 Å². The topological polar surface area (TPSA) is 126 Å². The van der Waals surface area contributed by atoms with Gasteiger partial charge in [0, 0.05) is 13.0 Å². The van der Waals surface area contributed by atoms with E-state index in [2.05, 4.69) is 16.0 Å². The highest BCUT2D eigenvalue weighted by molar-refractivity contribution is 5.88. The number of rotatable bonds is 13. The minimum Gasteiger partial charge on any atom is -0.394 e. The van der Waals surface area contributed by atoms with Crippen LogP contribution in [0.2, 0.25) is 0 Å². The van der Waals surface area contributed by atoms with Crippen LogP contribution in [0, 0.1) is 0 Å². The maximum Gasteiger partial charge on any atom is 0.239 e. The molecule has 0 spiro atoms. The van der Waals surface area contributed by atoms with Gasteiger partial charge >= 0.3 is 0 Å². The summed E-state index contributed by atoms with van der Waals surface area (Å²) in [5, 5.41) is 15.8. The van der Waals surface area contributed by atoms with Crippen LogP contribution in [0.1, 0.15) is 13.3 Å². The van der Waals surface area contributed by atoms with Gasteiger partial charge in [0.05, 0.1) is 46.1 Å². The van der Waals surface area contributed by atoms with Crippen molar-refractivity contribution in [3.05, 3.63) is 0 Å². The van der Waals surface area contributed by atoms with Crippen LogP contribution in [0.4, 0.5) is 0 Å². The first-order chi connectivity index (χ1) is 10.6. The van der Waals surface area contributed by atoms with Crippen LogP contribution in [0.25, 0.3) is 0 Å². The van der Waals surface area contributed by atoms with Gasteiger partial charge in [-0.2, -0.15) is 0 Å². The summed E-state index contributed by atoms with van der Waals surface area (Å²) in [6.07, 6.45) is 0.304. The summed E-state index contributed by atoms with van der Waals surface area (Å²) in [5.41, 5.74) is 0. The van der Waals surface area contributed by atoms with Crippen LogP contribution in [-0.2, 0) is 23.9 Å². The van der Waals surface area contributed by atoms with E-state index in [1.165, 1.54) is 0 Å². The smallest absolute Gasteiger partial charge is 0.239 e. The average Bonchev–Trinajstić information content (AvgIpc) is 2.53. The first kappa shape index (κ1) is 20.3. The van der Waals surface area contributed by atoms with Gasteiger partial charge in [-0.3, -0.25) is 14.4 Å². The van der Waals surface area contributed by atoms with Crippen molar-refractivity contribution in [3.63, 3.8) is 0 Å². The lowest BCUT2D eigenvalue weighted by molar-refractivity contribution is -0.127. The summed E-state index contributed by atoms with van der Waals surface area (Å²) >= 11 is 0. The minimum absolute atomic E-state index is 0.0239. The molecule has 9 nitrogen and oxygen atoms in total. The standard InChI is InChI=1S/C13H25N3O6/c1-2-11(18)15-10-13(20)16-9-12(19)14-3-5-21-7-8-22-6-4-17/h17H,2-10H2,1H3,(H,14,19)(H,15,18)(H,16,20). The van der Waals surface area contributed by atoms with E-state index in [-0.39, 0.29) is 38.1 Å². The number of hydrogen-bond acceptors (Lipinski definition) is 6. The van der Waals surface area contributed by atoms with Crippen LogP contribution >= 0.6 is 0 Å². The van der Waals surface area contributed by atoms with Crippen molar-refractivity contribution in [1.29, 1.82) is 0 Å². The van der Waals surface area contributed by atoms with Gasteiger partial charge in [0.15, 0.2) is 0 Å². The SMILES string of the molecule is CCC(=O)NCC(=O)NCC(=O)NCCOCCOCCO. The molecule has 0 aliphatic heterocycles. The van der Waals surface area contributed by atoms with E-state index in [1.807, 2.05) is 0 Å². The zero-order chi connectivity index (χ0) is 16.6. The monoisotopic (exact) mass is 319 g/mol. The number of hydrogen-bond donors (Lipinski definition) is 4. The van der Waals surface area contributed by atoms with Crippen LogP contribution in [-0.4, -0.2) is 75.5 Å². The van der Waals surface area contributed by atoms with Crippen LogP contribution < -0.4 is 16.0 Å². The fraction of sp³-hybridized carbons (Fsp3) is 0.769. The molecule has 0 aliphatic rings. The molecule has 0 aromatic heterocycles. The Kier molecular flexibility index (Phi) is 13.1. The van der Waals surface area contributed by atoms with E-state index in [0.717, 1.165) is 0 Å². The molecule has 9 heteroatoms. The molecule has 0 aromatic rings. The normalized spacial score (nSPS) is 10.1. The summed E-state index contributed by atoms with van der Waals surface area (Å²) in [6, 6.07) is 0. The van der Waals surface area contributed by atoms with Gasteiger partial charge < -0.3 is 30.5 Å². The Morgan fingerprint density at radius 2 is 1.36 bits per heavy atom. The van der Waals surface area contributed by atoms with Gasteiger partial charge in [0.2, 0.25) is 17.7 Å². The molecule has 0 fully saturated rings. The molecule has 0 unspecified atom stereocenters. The third-order valence-electron chi connectivity index (χ3n) is 2.39. The second-order valence-corrected chi connectivity index (χ2v) is 4.21. The van der Waals surface area contributed by atoms with E-state index >= 15 is 0 Å². The van der Waals surface area contributed by atoms with E-state index in [9.17, 15) is 14.4 Å². The molecule has 128 valence electrons. The molecule has 22 heavy (non-hydrogen) atoms. The molecule has 0 atom stereocenters. The predicted molar refractivity (Wildman–Crippen MR) is 78.0 cm³/mol. The molecular formula is C13H25N3O6. The first-order valence-corrected chi connectivity index (χ1v) is 7.16. The lowest BCUT2D eigenvalue weighted by atomic mass is 10.4. The quantitative estimate of drug-likeness (QED) is 0.285. The molecule has 0 bridgehead atoms. The minimum atomic E-state index is -0.422. The molecule has 0 aliphatic carbocycles. The molecule has 3 amide bonds. The summed E-state index contributed by atoms with van der Waals surface area (Å²) in [7, 11) is 0. The Morgan fingerprint density at radius 3 is 1.95 bits per heavy atom. The molecule has 0 saturated carbocycles. The fourth-order valence-electron chi connectivity index (χ4n) is 1.26. The Balaban J connectivity index is 3.42. The zero-order valence-corrected chi connectivity index (χ0v) is 12.9. The van der Waals surface area contributed by atoms with Gasteiger partial charge in [-0.1, -0.05) is 6.92 Å². The van der Waals surface area contributed by atoms with Crippen LogP contribution in [0.5, 0.6) is 0 Å². The van der Waals surface area contributed by atoms with E-state index in [0.29, 0.717) is 32.8 Å². The Hall–Kier alpha value is -1.71. The van der Waals surface area contributed by atoms with E-state index in [1.54, 1.807) is 6.92 Å². The summed E-state index contributed by atoms with van der Waals surface area (Å²) in [6.45, 7) is 3.05. The largest absolute Gasteiger partial charge is 0.394 e. The lowest BCUT2D eigenvalue weighted by Crippen LogP contribution is -2.42. The number of aliphatic hydroxyl groups excluding tert-OH is 1. The Morgan fingerprint density at radius 1 is 0.818 bits per heavy atom. The molecule has 0 heterocycles. The first-order valence-electron chi connectivity index (χ1n) is 7.16. The fourth-order valence-corrected chi connectivity index (χ4v) is 1.26. The summed E-state index contributed by atoms with van der Waals surface area (Å²) in [5.74, 6) is -0.982. The lowest BCUT2D eigenvalue weighted by Gasteiger charge is -2.08. The Bertz CT molecular complexity index is 338. The molecule has 0 radical (unpaired) electrons. The van der Waals surface area contributed by atoms with Crippen molar-refractivity contribution in [3.8, 4) is 0 Å². The van der Waals surface area contributed by atoms with Crippen molar-refractivity contribution < 1.29 is 29.0 Å². The summed E-state index contributed by atoms with van der Waals surface area (Å²) in [4.78, 5) is 33.6. The number of nitrogens with one attached hydrogen (secondary N) is 3. The second kappa shape index (κ2) is 14.2. The molecule has 0 saturated heterocycles. The predicted octanol–water partition coefficient (Wildman–Crippen LogP) is -2.23. The van der Waals surface area contributed by atoms with Crippen molar-refractivity contribution in [2.75, 3.05) is 52.7 Å². The highest BCUT2D eigenvalue weighted by Gasteiger charge is 2.06. The van der Waals surface area contributed by atoms with Gasteiger partial charge in [-0.05, 0) is 0 Å². The Labute approximate surface area is 129 Å². The van der Waals surface area contributed by atoms with E-state index in [4.69, 9.17) is 14.6 Å². The van der Waals surface area contributed by atoms with Crippen molar-refractivity contribution in [2.24, 2.45) is 0 Å². The van der Waals surface area contributed by atoms with Crippen molar-refractivity contribution in [2.45, 2.75) is 13.3 Å². The van der Waals surface area contributed by atoms with Gasteiger partial charge in [-0.15, -0.1) is 0 Å². The van der Waals surface area contributed by atoms with Crippen LogP contribution in [0.3, 0.4) is 0 Å². The molecule has 0 rings (SSSR count). The summed E-state index contributed by atoms with van der Waals surface area (Å²) < 4.78 is 10.2. The number of ether oxygens (including phenoxy) is 2. The number of carbonyl (C=O) groups is 3. The number of carbonyl (C=O) groups excluding carboxylic acids is 3. The third kappa shape index (κ3) is 13.3. The van der Waals surface area contributed by atoms with Gasteiger partial charge in [-0.25, -0.2) is 0 Å². The average molecular weight is 319 g/mol. The zero-order valence-electron chi connectivity index (χ0n) is 12.9. The molecular weight excluding hydrogens is 294 g/mol. The molecule has 4 N–H and O–H groups in total. The third-order valence-corrected chi connectivity index (χ3v) is 2.39. The number of amides is 3. The maximum atomic E-state index is 11.4. The maximum absolute atomic E-state index is 11.4. The second-order valence-electron chi connectivity index (χ2n) is 4.21. The van der Waals surface area contributed by atoms with E-state index < -0.39 is 5.91 Å². The molecule has 0 aromatic carbocycles. The highest BCUT2D eigenvalue weighted by Crippen LogP contribution is 1.78. The van der Waals surface area contributed by atoms with Gasteiger partial charge in [0.1, 0.15) is 0 Å². The number of aliphatic hydroxyl groups is 1. The highest BCUT2D eigenvalue weighted by atomic mass is 16.5. The van der Waals surface area contributed by atoms with Gasteiger partial charge in [0.25, 0.3) is 0 Å². The van der Waals surface area contributed by atoms with Crippen molar-refractivity contribution >= 4 is 17.7 Å². The van der Waals surface area contributed by atoms with Crippen molar-refractivity contribution in [1.82, 2.24) is 16.0 Å².